The highest BCUT2D eigenvalue weighted by Gasteiger charge is 2.45. The molecule has 1 aromatic carbocycles. The minimum atomic E-state index is -4.08. The van der Waals surface area contributed by atoms with Gasteiger partial charge in [0.2, 0.25) is 0 Å². The minimum Gasteiger partial charge on any atom is -0.394 e. The summed E-state index contributed by atoms with van der Waals surface area (Å²) >= 11 is 0.448. The van der Waals surface area contributed by atoms with E-state index >= 15 is 0 Å². The van der Waals surface area contributed by atoms with Crippen LogP contribution in [-0.4, -0.2) is 83.4 Å². The first-order chi connectivity index (χ1) is 21.6. The van der Waals surface area contributed by atoms with Crippen LogP contribution in [0.4, 0.5) is 10.2 Å². The van der Waals surface area contributed by atoms with E-state index < -0.39 is 89.4 Å². The molecule has 0 amide bonds. The van der Waals surface area contributed by atoms with Crippen molar-refractivity contribution in [2.45, 2.75) is 74.4 Å². The van der Waals surface area contributed by atoms with Crippen LogP contribution >= 0.6 is 11.8 Å². The highest BCUT2D eigenvalue weighted by Crippen LogP contribution is 2.44. The molecule has 2 saturated carbocycles. The van der Waals surface area contributed by atoms with Crippen LogP contribution in [0.3, 0.4) is 0 Å². The predicted octanol–water partition coefficient (Wildman–Crippen LogP) is 2.18. The molecular formula is C24H31FN6O4S. The van der Waals surface area contributed by atoms with Gasteiger partial charge in [-0.25, -0.2) is 19.0 Å². The summed E-state index contributed by atoms with van der Waals surface area (Å²) in [6, 6.07) is -1.63. The molecule has 2 aromatic heterocycles. The molecule has 0 saturated heterocycles. The molecule has 36 heavy (non-hydrogen) atoms. The Hall–Kier alpha value is -2.38. The second-order valence-electron chi connectivity index (χ2n) is 7.80. The molecule has 0 bridgehead atoms. The fourth-order valence-electron chi connectivity index (χ4n) is 3.47. The van der Waals surface area contributed by atoms with E-state index in [-0.39, 0.29) is 23.1 Å². The van der Waals surface area contributed by atoms with Gasteiger partial charge in [0.1, 0.15) is 18.0 Å². The quantitative estimate of drug-likeness (QED) is 0.228. The lowest BCUT2D eigenvalue weighted by Crippen LogP contribution is -2.33. The molecule has 6 atom stereocenters. The summed E-state index contributed by atoms with van der Waals surface area (Å²) in [7, 11) is 0. The Labute approximate surface area is 229 Å². The largest absolute Gasteiger partial charge is 0.394 e. The average molecular weight is 531 g/mol. The van der Waals surface area contributed by atoms with Crippen LogP contribution in [0.5, 0.6) is 0 Å². The number of fused-ring (bicyclic) bond motifs is 1. The van der Waals surface area contributed by atoms with E-state index in [1.807, 2.05) is 0 Å². The predicted molar refractivity (Wildman–Crippen MR) is 133 cm³/mol. The first-order valence-electron chi connectivity index (χ1n) is 16.8. The monoisotopic (exact) mass is 530 g/mol. The van der Waals surface area contributed by atoms with Crippen molar-refractivity contribution in [2.24, 2.45) is 0 Å². The Morgan fingerprint density at radius 2 is 2.19 bits per heavy atom. The van der Waals surface area contributed by atoms with Crippen molar-refractivity contribution in [3.63, 3.8) is 0 Å². The highest BCUT2D eigenvalue weighted by molar-refractivity contribution is 7.99. The number of anilines is 1. The van der Waals surface area contributed by atoms with Crippen molar-refractivity contribution in [1.82, 2.24) is 25.0 Å². The topological polar surface area (TPSA) is 138 Å². The molecule has 0 spiro atoms. The summed E-state index contributed by atoms with van der Waals surface area (Å²) in [5.41, 5.74) is -2.73. The van der Waals surface area contributed by atoms with Gasteiger partial charge in [-0.3, -0.25) is 0 Å². The van der Waals surface area contributed by atoms with Crippen LogP contribution in [0, 0.1) is 12.7 Å². The average Bonchev–Trinajstić information content (AvgIpc) is 3.26. The second kappa shape index (κ2) is 10.5. The molecule has 0 radical (unpaired) electrons. The van der Waals surface area contributed by atoms with E-state index in [2.05, 4.69) is 25.6 Å². The molecule has 5 rings (SSSR count). The van der Waals surface area contributed by atoms with Crippen LogP contribution in [0.1, 0.15) is 65.6 Å². The van der Waals surface area contributed by atoms with Crippen molar-refractivity contribution in [3.8, 4) is 0 Å². The van der Waals surface area contributed by atoms with Crippen molar-refractivity contribution >= 4 is 28.7 Å². The summed E-state index contributed by atoms with van der Waals surface area (Å²) in [6.45, 7) is -1.73. The van der Waals surface area contributed by atoms with Crippen molar-refractivity contribution in [2.75, 3.05) is 24.2 Å². The van der Waals surface area contributed by atoms with E-state index in [0.717, 1.165) is 6.07 Å². The SMILES string of the molecule is [2H]C([2H])(O)CO[C@@]1([2H])C([2H])([2H])[C@@]([2H])(n2nnc3c(N[C@]4([2H])C[C@@]4([2H])c4ccc(C)c(F)c4)nc(SC([2H])([2H])CC)nc32)[C@]([2H])(O)[C@]1([2H])O. The van der Waals surface area contributed by atoms with Crippen LogP contribution in [0.15, 0.2) is 23.4 Å². The molecule has 0 unspecified atom stereocenters. The summed E-state index contributed by atoms with van der Waals surface area (Å²) in [5, 5.41) is 41.4. The lowest BCUT2D eigenvalue weighted by molar-refractivity contribution is -0.0629. The van der Waals surface area contributed by atoms with E-state index in [1.54, 1.807) is 0 Å². The first-order valence-corrected chi connectivity index (χ1v) is 11.7. The van der Waals surface area contributed by atoms with Crippen molar-refractivity contribution in [3.05, 3.63) is 35.1 Å². The second-order valence-corrected chi connectivity index (χ2v) is 8.66. The van der Waals surface area contributed by atoms with Crippen LogP contribution < -0.4 is 5.32 Å². The Morgan fingerprint density at radius 3 is 2.94 bits per heavy atom. The van der Waals surface area contributed by atoms with Gasteiger partial charge in [-0.2, -0.15) is 0 Å². The maximum atomic E-state index is 14.4. The van der Waals surface area contributed by atoms with Gasteiger partial charge in [0, 0.05) is 30.8 Å². The number of benzene rings is 1. The Morgan fingerprint density at radius 1 is 1.36 bits per heavy atom. The number of thioether (sulfide) groups is 1. The van der Waals surface area contributed by atoms with Crippen LogP contribution in [-0.2, 0) is 4.74 Å². The lowest BCUT2D eigenvalue weighted by Gasteiger charge is -2.17. The number of hydrogen-bond acceptors (Lipinski definition) is 10. The number of halogens is 1. The number of hydrogen-bond donors (Lipinski definition) is 4. The zero-order chi connectivity index (χ0) is 36.3. The summed E-state index contributed by atoms with van der Waals surface area (Å²) in [4.78, 5) is 8.35. The summed E-state index contributed by atoms with van der Waals surface area (Å²) in [5.74, 6) is -2.73. The fraction of sp³-hybridized carbons (Fsp3) is 0.583. The third-order valence-corrected chi connectivity index (χ3v) is 6.16. The summed E-state index contributed by atoms with van der Waals surface area (Å²) < 4.78 is 120. The van der Waals surface area contributed by atoms with Crippen LogP contribution in [0.25, 0.3) is 11.2 Å². The zero-order valence-electron chi connectivity index (χ0n) is 31.1. The van der Waals surface area contributed by atoms with Gasteiger partial charge in [-0.05, 0) is 37.0 Å². The fourth-order valence-corrected chi connectivity index (χ4v) is 4.02. The number of nitrogens with zero attached hydrogens (tertiary/aromatic N) is 5. The minimum absolute atomic E-state index is 0.0726. The van der Waals surface area contributed by atoms with Gasteiger partial charge < -0.3 is 25.4 Å². The molecule has 2 fully saturated rings. The standard InChI is InChI=1S/C24H31FN6O4S/c1-3-8-36-24-27-22(26-16-10-14(16)13-5-4-12(2)15(25)9-13)19-23(28-24)31(30-29-19)17-11-18(35-7-6-32)21(34)20(17)33/h4-5,9,14,16-18,20-21,32-34H,3,6-8,10-11H2,1-2H3,(H,26,27,28)/t14-,16+,17+,18-,20-,21+/m0/s1/i6D2,8D2,11D2,14D,16D,17D,18D,20D,21D. The lowest BCUT2D eigenvalue weighted by atomic mass is 10.1. The third kappa shape index (κ3) is 4.92. The van der Waals surface area contributed by atoms with Gasteiger partial charge in [0.15, 0.2) is 22.1 Å². The van der Waals surface area contributed by atoms with Crippen LogP contribution in [0.2, 0.25) is 0 Å². The van der Waals surface area contributed by atoms with Crippen molar-refractivity contribution < 1.29 is 40.9 Å². The molecule has 12 heteroatoms. The normalized spacial score (nSPS) is 46.9. The molecular weight excluding hydrogens is 487 g/mol. The van der Waals surface area contributed by atoms with Gasteiger partial charge in [-0.1, -0.05) is 36.0 Å². The number of aliphatic hydroxyl groups is 3. The number of aryl methyl sites for hydroxylation is 1. The summed E-state index contributed by atoms with van der Waals surface area (Å²) in [6.07, 6.45) is -16.1. The van der Waals surface area contributed by atoms with Gasteiger partial charge in [0.25, 0.3) is 0 Å². The highest BCUT2D eigenvalue weighted by atomic mass is 32.2. The maximum absolute atomic E-state index is 14.4. The maximum Gasteiger partial charge on any atom is 0.191 e. The Balaban J connectivity index is 1.69. The molecule has 3 aromatic rings. The third-order valence-electron chi connectivity index (χ3n) is 5.36. The Bertz CT molecular complexity index is 1780. The number of ether oxygens (including phenoxy) is 1. The molecule has 194 valence electrons. The smallest absolute Gasteiger partial charge is 0.191 e. The van der Waals surface area contributed by atoms with E-state index in [0.29, 0.717) is 17.3 Å². The van der Waals surface area contributed by atoms with E-state index in [4.69, 9.17) is 21.2 Å². The number of nitrogens with one attached hydrogen (secondary N) is 1. The van der Waals surface area contributed by atoms with Gasteiger partial charge in [-0.15, -0.1) is 5.10 Å². The zero-order valence-corrected chi connectivity index (χ0v) is 19.9. The molecule has 2 aliphatic carbocycles. The molecule has 2 aliphatic rings. The van der Waals surface area contributed by atoms with Gasteiger partial charge in [0.05, 0.1) is 34.9 Å². The van der Waals surface area contributed by atoms with E-state index in [9.17, 15) is 19.7 Å². The van der Waals surface area contributed by atoms with Crippen molar-refractivity contribution in [1.29, 1.82) is 0 Å². The molecule has 2 heterocycles. The molecule has 0 aliphatic heterocycles. The number of aromatic nitrogens is 5. The first kappa shape index (κ1) is 14.5. The molecule has 10 nitrogen and oxygen atoms in total. The van der Waals surface area contributed by atoms with E-state index in [1.165, 1.54) is 26.0 Å². The number of rotatable bonds is 10. The van der Waals surface area contributed by atoms with Gasteiger partial charge >= 0.3 is 0 Å². The molecule has 4 N–H and O–H groups in total. The Kier molecular flexibility index (Phi) is 4.25.